The SMILES string of the molecule is CC(C)c1noc(NCCCN2CCOCC2)n1. The fourth-order valence-electron chi connectivity index (χ4n) is 1.86. The van der Waals surface area contributed by atoms with E-state index in [1.54, 1.807) is 0 Å². The van der Waals surface area contributed by atoms with Crippen LogP contribution in [-0.2, 0) is 4.74 Å². The molecule has 18 heavy (non-hydrogen) atoms. The lowest BCUT2D eigenvalue weighted by Crippen LogP contribution is -2.37. The highest BCUT2D eigenvalue weighted by molar-refractivity contribution is 5.18. The van der Waals surface area contributed by atoms with Gasteiger partial charge in [-0.15, -0.1) is 0 Å². The highest BCUT2D eigenvalue weighted by Gasteiger charge is 2.10. The zero-order valence-electron chi connectivity index (χ0n) is 11.2. The molecule has 1 saturated heterocycles. The predicted octanol–water partition coefficient (Wildman–Crippen LogP) is 1.33. The smallest absolute Gasteiger partial charge is 0.321 e. The summed E-state index contributed by atoms with van der Waals surface area (Å²) in [5.74, 6) is 1.06. The molecule has 0 aliphatic carbocycles. The van der Waals surface area contributed by atoms with Gasteiger partial charge < -0.3 is 14.6 Å². The average Bonchev–Trinajstić information content (AvgIpc) is 2.85. The second kappa shape index (κ2) is 6.70. The highest BCUT2D eigenvalue weighted by atomic mass is 16.5. The fraction of sp³-hybridized carbons (Fsp3) is 0.833. The average molecular weight is 254 g/mol. The Morgan fingerprint density at radius 3 is 2.78 bits per heavy atom. The van der Waals surface area contributed by atoms with Crippen molar-refractivity contribution in [2.45, 2.75) is 26.2 Å². The van der Waals surface area contributed by atoms with Crippen molar-refractivity contribution in [1.29, 1.82) is 0 Å². The van der Waals surface area contributed by atoms with Crippen molar-refractivity contribution in [3.63, 3.8) is 0 Å². The van der Waals surface area contributed by atoms with E-state index < -0.39 is 0 Å². The van der Waals surface area contributed by atoms with Crippen LogP contribution in [0.1, 0.15) is 32.0 Å². The lowest BCUT2D eigenvalue weighted by molar-refractivity contribution is 0.0378. The maximum Gasteiger partial charge on any atom is 0.321 e. The minimum atomic E-state index is 0.303. The van der Waals surface area contributed by atoms with Crippen molar-refractivity contribution < 1.29 is 9.26 Å². The molecule has 0 radical (unpaired) electrons. The van der Waals surface area contributed by atoms with Gasteiger partial charge in [-0.3, -0.25) is 4.90 Å². The van der Waals surface area contributed by atoms with Gasteiger partial charge in [-0.1, -0.05) is 19.0 Å². The molecule has 0 spiro atoms. The molecule has 1 aromatic heterocycles. The van der Waals surface area contributed by atoms with Gasteiger partial charge >= 0.3 is 6.01 Å². The van der Waals surface area contributed by atoms with Crippen molar-refractivity contribution in [2.75, 3.05) is 44.7 Å². The molecular formula is C12H22N4O2. The summed E-state index contributed by atoms with van der Waals surface area (Å²) in [4.78, 5) is 6.69. The number of aromatic nitrogens is 2. The molecule has 0 amide bonds. The summed E-state index contributed by atoms with van der Waals surface area (Å²) >= 11 is 0. The van der Waals surface area contributed by atoms with Gasteiger partial charge in [0.25, 0.3) is 0 Å². The van der Waals surface area contributed by atoms with Crippen LogP contribution in [0, 0.1) is 0 Å². The Bertz CT molecular complexity index is 348. The second-order valence-corrected chi connectivity index (χ2v) is 4.85. The molecule has 1 aliphatic heterocycles. The van der Waals surface area contributed by atoms with Crippen molar-refractivity contribution in [3.8, 4) is 0 Å². The van der Waals surface area contributed by atoms with Crippen LogP contribution in [0.25, 0.3) is 0 Å². The second-order valence-electron chi connectivity index (χ2n) is 4.85. The van der Waals surface area contributed by atoms with E-state index in [4.69, 9.17) is 9.26 Å². The monoisotopic (exact) mass is 254 g/mol. The Kier molecular flexibility index (Phi) is 4.95. The summed E-state index contributed by atoms with van der Waals surface area (Å²) in [5.41, 5.74) is 0. The molecule has 1 fully saturated rings. The van der Waals surface area contributed by atoms with E-state index in [2.05, 4.69) is 20.4 Å². The van der Waals surface area contributed by atoms with E-state index in [1.807, 2.05) is 13.8 Å². The van der Waals surface area contributed by atoms with Crippen LogP contribution in [0.5, 0.6) is 0 Å². The van der Waals surface area contributed by atoms with E-state index in [-0.39, 0.29) is 0 Å². The maximum absolute atomic E-state index is 5.31. The molecule has 1 aliphatic rings. The van der Waals surface area contributed by atoms with Crippen LogP contribution >= 0.6 is 0 Å². The fourth-order valence-corrected chi connectivity index (χ4v) is 1.86. The highest BCUT2D eigenvalue weighted by Crippen LogP contribution is 2.12. The first-order valence-corrected chi connectivity index (χ1v) is 6.63. The molecular weight excluding hydrogens is 232 g/mol. The van der Waals surface area contributed by atoms with Crippen molar-refractivity contribution >= 4 is 6.01 Å². The lowest BCUT2D eigenvalue weighted by Gasteiger charge is -2.26. The van der Waals surface area contributed by atoms with Crippen LogP contribution in [0.15, 0.2) is 4.52 Å². The molecule has 1 N–H and O–H groups in total. The molecule has 0 aromatic carbocycles. The van der Waals surface area contributed by atoms with E-state index in [0.717, 1.165) is 51.6 Å². The van der Waals surface area contributed by atoms with Crippen LogP contribution < -0.4 is 5.32 Å². The predicted molar refractivity (Wildman–Crippen MR) is 68.8 cm³/mol. The maximum atomic E-state index is 5.31. The van der Waals surface area contributed by atoms with Crippen LogP contribution in [0.4, 0.5) is 6.01 Å². The summed E-state index contributed by atoms with van der Waals surface area (Å²) in [6.07, 6.45) is 1.07. The normalized spacial score (nSPS) is 17.3. The first-order valence-electron chi connectivity index (χ1n) is 6.63. The Hall–Kier alpha value is -1.14. The number of nitrogens with one attached hydrogen (secondary N) is 1. The molecule has 2 rings (SSSR count). The molecule has 2 heterocycles. The zero-order valence-corrected chi connectivity index (χ0v) is 11.2. The minimum Gasteiger partial charge on any atom is -0.379 e. The van der Waals surface area contributed by atoms with E-state index >= 15 is 0 Å². The van der Waals surface area contributed by atoms with Gasteiger partial charge in [0.2, 0.25) is 0 Å². The quantitative estimate of drug-likeness (QED) is 0.773. The summed E-state index contributed by atoms with van der Waals surface area (Å²) in [7, 11) is 0. The number of hydrogen-bond donors (Lipinski definition) is 1. The third-order valence-electron chi connectivity index (χ3n) is 2.99. The summed E-state index contributed by atoms with van der Waals surface area (Å²) in [5, 5.41) is 7.07. The zero-order chi connectivity index (χ0) is 12.8. The topological polar surface area (TPSA) is 63.4 Å². The Morgan fingerprint density at radius 1 is 1.33 bits per heavy atom. The number of hydrogen-bond acceptors (Lipinski definition) is 6. The standard InChI is InChI=1S/C12H22N4O2/c1-10(2)11-14-12(18-15-11)13-4-3-5-16-6-8-17-9-7-16/h10H,3-9H2,1-2H3,(H,13,14,15). The Balaban J connectivity index is 1.62. The minimum absolute atomic E-state index is 0.303. The number of nitrogens with zero attached hydrogens (tertiary/aromatic N) is 3. The summed E-state index contributed by atoms with van der Waals surface area (Å²) < 4.78 is 10.4. The van der Waals surface area contributed by atoms with Crippen molar-refractivity contribution in [1.82, 2.24) is 15.0 Å². The summed E-state index contributed by atoms with van der Waals surface area (Å²) in [6, 6.07) is 0.528. The third-order valence-corrected chi connectivity index (χ3v) is 2.99. The van der Waals surface area contributed by atoms with Gasteiger partial charge in [0, 0.05) is 25.6 Å². The van der Waals surface area contributed by atoms with E-state index in [9.17, 15) is 0 Å². The molecule has 6 heteroatoms. The van der Waals surface area contributed by atoms with Gasteiger partial charge in [-0.2, -0.15) is 4.98 Å². The number of anilines is 1. The molecule has 0 bridgehead atoms. The number of rotatable bonds is 6. The van der Waals surface area contributed by atoms with E-state index in [0.29, 0.717) is 11.9 Å². The van der Waals surface area contributed by atoms with Crippen LogP contribution in [0.2, 0.25) is 0 Å². The van der Waals surface area contributed by atoms with Gasteiger partial charge in [0.1, 0.15) is 0 Å². The Labute approximate surface area is 108 Å². The molecule has 6 nitrogen and oxygen atoms in total. The molecule has 1 aromatic rings. The lowest BCUT2D eigenvalue weighted by atomic mass is 10.2. The van der Waals surface area contributed by atoms with Gasteiger partial charge in [-0.05, 0) is 13.0 Å². The van der Waals surface area contributed by atoms with Crippen molar-refractivity contribution in [2.24, 2.45) is 0 Å². The van der Waals surface area contributed by atoms with Crippen LogP contribution in [0.3, 0.4) is 0 Å². The first-order chi connectivity index (χ1) is 8.75. The number of morpholine rings is 1. The Morgan fingerprint density at radius 2 is 2.11 bits per heavy atom. The number of ether oxygens (including phenoxy) is 1. The van der Waals surface area contributed by atoms with Gasteiger partial charge in [0.05, 0.1) is 13.2 Å². The third kappa shape index (κ3) is 3.96. The van der Waals surface area contributed by atoms with Gasteiger partial charge in [0.15, 0.2) is 5.82 Å². The van der Waals surface area contributed by atoms with Crippen LogP contribution in [-0.4, -0.2) is 54.4 Å². The molecule has 102 valence electrons. The first kappa shape index (κ1) is 13.3. The summed E-state index contributed by atoms with van der Waals surface area (Å²) in [6.45, 7) is 9.83. The largest absolute Gasteiger partial charge is 0.379 e. The molecule has 0 atom stereocenters. The van der Waals surface area contributed by atoms with Gasteiger partial charge in [-0.25, -0.2) is 0 Å². The molecule has 0 saturated carbocycles. The van der Waals surface area contributed by atoms with Crippen molar-refractivity contribution in [3.05, 3.63) is 5.82 Å². The molecule has 0 unspecified atom stereocenters. The van der Waals surface area contributed by atoms with E-state index in [1.165, 1.54) is 0 Å².